The van der Waals surface area contributed by atoms with Crippen molar-refractivity contribution in [2.75, 3.05) is 58.2 Å². The number of rotatable bonds is 11. The van der Waals surface area contributed by atoms with Crippen LogP contribution in [0.3, 0.4) is 0 Å². The molecule has 1 aromatic heterocycles. The summed E-state index contributed by atoms with van der Waals surface area (Å²) in [4.78, 5) is 19.8. The van der Waals surface area contributed by atoms with E-state index >= 15 is 0 Å². The number of nitrogens with zero attached hydrogens (tertiary/aromatic N) is 2. The van der Waals surface area contributed by atoms with E-state index < -0.39 is 0 Å². The Bertz CT molecular complexity index is 1450. The minimum atomic E-state index is 0.00169. The number of fused-ring (bicyclic) bond motifs is 1. The van der Waals surface area contributed by atoms with Gasteiger partial charge in [-0.1, -0.05) is 12.5 Å². The zero-order chi connectivity index (χ0) is 28.0. The molecule has 2 N–H and O–H groups in total. The van der Waals surface area contributed by atoms with Crippen molar-refractivity contribution >= 4 is 32.9 Å². The Morgan fingerprint density at radius 1 is 0.732 bits per heavy atom. The Labute approximate surface area is 246 Å². The average molecular weight is 570 g/mol. The molecule has 6 nitrogen and oxygen atoms in total. The second-order valence-corrected chi connectivity index (χ2v) is 12.1. The lowest BCUT2D eigenvalue weighted by Crippen LogP contribution is -2.33. The fraction of sp³-hybridized carbons (Fsp3) is 0.382. The summed E-state index contributed by atoms with van der Waals surface area (Å²) in [5.41, 5.74) is 9.16. The molecule has 41 heavy (non-hydrogen) atoms. The Kier molecular flexibility index (Phi) is 8.85. The minimum Gasteiger partial charge on any atom is -0.492 e. The Balaban J connectivity index is 1.17. The highest BCUT2D eigenvalue weighted by atomic mass is 32.1. The number of nitrogens with two attached hydrogens (primary N) is 1. The molecule has 0 aliphatic carbocycles. The summed E-state index contributed by atoms with van der Waals surface area (Å²) in [5.74, 6) is 1.64. The van der Waals surface area contributed by atoms with Gasteiger partial charge in [0.1, 0.15) is 24.7 Å². The molecule has 2 fully saturated rings. The van der Waals surface area contributed by atoms with Gasteiger partial charge < -0.3 is 15.2 Å². The van der Waals surface area contributed by atoms with E-state index in [1.54, 1.807) is 11.3 Å². The maximum atomic E-state index is 14.0. The van der Waals surface area contributed by atoms with E-state index in [0.29, 0.717) is 30.0 Å². The number of likely N-dealkylation sites (tertiary alicyclic amines) is 2. The largest absolute Gasteiger partial charge is 0.492 e. The third kappa shape index (κ3) is 6.75. The lowest BCUT2D eigenvalue weighted by Gasteiger charge is -2.26. The molecular weight excluding hydrogens is 530 g/mol. The highest BCUT2D eigenvalue weighted by Crippen LogP contribution is 2.41. The van der Waals surface area contributed by atoms with Crippen LogP contribution in [-0.4, -0.2) is 68.1 Å². The summed E-state index contributed by atoms with van der Waals surface area (Å²) in [5, 5.41) is 0.928. The molecule has 3 heterocycles. The van der Waals surface area contributed by atoms with Crippen LogP contribution in [0.15, 0.2) is 66.7 Å². The summed E-state index contributed by atoms with van der Waals surface area (Å²) in [6, 6.07) is 21.5. The maximum absolute atomic E-state index is 14.0. The number of hydrogen-bond acceptors (Lipinski definition) is 7. The van der Waals surface area contributed by atoms with Gasteiger partial charge in [0.15, 0.2) is 5.78 Å². The quantitative estimate of drug-likeness (QED) is 0.160. The van der Waals surface area contributed by atoms with Gasteiger partial charge in [-0.15, -0.1) is 11.3 Å². The predicted octanol–water partition coefficient (Wildman–Crippen LogP) is 6.72. The van der Waals surface area contributed by atoms with Crippen molar-refractivity contribution in [3.63, 3.8) is 0 Å². The summed E-state index contributed by atoms with van der Waals surface area (Å²) >= 11 is 1.60. The zero-order valence-corrected chi connectivity index (χ0v) is 24.5. The molecule has 0 spiro atoms. The molecule has 0 unspecified atom stereocenters. The molecule has 7 heteroatoms. The van der Waals surface area contributed by atoms with E-state index in [4.69, 9.17) is 15.2 Å². The highest BCUT2D eigenvalue weighted by molar-refractivity contribution is 7.22. The number of ketones is 1. The average Bonchev–Trinajstić information content (AvgIpc) is 3.66. The van der Waals surface area contributed by atoms with E-state index in [1.807, 2.05) is 54.6 Å². The number of thiophene rings is 1. The van der Waals surface area contributed by atoms with Gasteiger partial charge in [-0.2, -0.15) is 0 Å². The lowest BCUT2D eigenvalue weighted by molar-refractivity contribution is 0.104. The molecule has 6 rings (SSSR count). The van der Waals surface area contributed by atoms with Gasteiger partial charge in [-0.25, -0.2) is 0 Å². The molecule has 4 aromatic rings. The molecule has 0 atom stereocenters. The maximum Gasteiger partial charge on any atom is 0.195 e. The third-order valence-electron chi connectivity index (χ3n) is 8.17. The van der Waals surface area contributed by atoms with Gasteiger partial charge in [-0.3, -0.25) is 14.6 Å². The summed E-state index contributed by atoms with van der Waals surface area (Å²) in [6.07, 6.45) is 6.46. The van der Waals surface area contributed by atoms with Crippen molar-refractivity contribution in [1.29, 1.82) is 0 Å². The normalized spacial score (nSPS) is 16.3. The van der Waals surface area contributed by atoms with Crippen molar-refractivity contribution in [3.8, 4) is 21.9 Å². The van der Waals surface area contributed by atoms with Crippen molar-refractivity contribution in [3.05, 3.63) is 77.9 Å². The first kappa shape index (κ1) is 27.8. The first-order chi connectivity index (χ1) is 20.1. The zero-order valence-electron chi connectivity index (χ0n) is 23.6. The summed E-state index contributed by atoms with van der Waals surface area (Å²) < 4.78 is 13.0. The molecule has 214 valence electrons. The number of carbonyl (C=O) groups excluding carboxylic acids is 1. The number of ether oxygens (including phenoxy) is 2. The van der Waals surface area contributed by atoms with Crippen LogP contribution in [0.5, 0.6) is 11.5 Å². The topological polar surface area (TPSA) is 68.0 Å². The van der Waals surface area contributed by atoms with Gasteiger partial charge in [0.2, 0.25) is 0 Å². The number of nitrogen functional groups attached to an aromatic ring is 1. The van der Waals surface area contributed by atoms with E-state index in [2.05, 4.69) is 21.9 Å². The molecule has 0 bridgehead atoms. The van der Waals surface area contributed by atoms with Crippen molar-refractivity contribution < 1.29 is 14.3 Å². The van der Waals surface area contributed by atoms with E-state index in [1.165, 1.54) is 45.2 Å². The Hall–Kier alpha value is -3.39. The van der Waals surface area contributed by atoms with Crippen LogP contribution < -0.4 is 15.2 Å². The van der Waals surface area contributed by atoms with Gasteiger partial charge in [0.05, 0.1) is 0 Å². The van der Waals surface area contributed by atoms with Crippen LogP contribution in [0, 0.1) is 0 Å². The lowest BCUT2D eigenvalue weighted by atomic mass is 9.97. The van der Waals surface area contributed by atoms with Gasteiger partial charge in [0, 0.05) is 44.9 Å². The van der Waals surface area contributed by atoms with Crippen molar-refractivity contribution in [2.24, 2.45) is 0 Å². The van der Waals surface area contributed by atoms with Crippen LogP contribution >= 0.6 is 11.3 Å². The van der Waals surface area contributed by atoms with Gasteiger partial charge in [-0.05, 0) is 118 Å². The summed E-state index contributed by atoms with van der Waals surface area (Å²) in [6.45, 7) is 7.90. The van der Waals surface area contributed by atoms with Crippen molar-refractivity contribution in [1.82, 2.24) is 9.80 Å². The second kappa shape index (κ2) is 13.1. The molecule has 0 saturated carbocycles. The standard InChI is InChI=1S/C34H39N3O3S/c35-27-10-15-30-31(24-27)41-34(26-8-13-29(14-9-26)40-23-21-37-18-4-5-19-37)32(30)33(38)25-6-11-28(12-7-25)39-22-20-36-16-2-1-3-17-36/h6-15,24H,1-5,16-23,35H2. The summed E-state index contributed by atoms with van der Waals surface area (Å²) in [7, 11) is 0. The first-order valence-electron chi connectivity index (χ1n) is 14.9. The minimum absolute atomic E-state index is 0.00169. The monoisotopic (exact) mass is 569 g/mol. The van der Waals surface area contributed by atoms with Crippen LogP contribution in [0.4, 0.5) is 5.69 Å². The Morgan fingerprint density at radius 2 is 1.29 bits per heavy atom. The molecular formula is C34H39N3O3S. The van der Waals surface area contributed by atoms with E-state index in [-0.39, 0.29) is 5.78 Å². The third-order valence-corrected chi connectivity index (χ3v) is 9.38. The Morgan fingerprint density at radius 3 is 1.90 bits per heavy atom. The second-order valence-electron chi connectivity index (χ2n) is 11.1. The van der Waals surface area contributed by atoms with Crippen LogP contribution in [0.1, 0.15) is 48.0 Å². The van der Waals surface area contributed by atoms with Crippen LogP contribution in [-0.2, 0) is 0 Å². The highest BCUT2D eigenvalue weighted by Gasteiger charge is 2.22. The number of benzene rings is 3. The molecule has 2 saturated heterocycles. The number of hydrogen-bond donors (Lipinski definition) is 1. The van der Waals surface area contributed by atoms with E-state index in [9.17, 15) is 4.79 Å². The molecule has 0 radical (unpaired) electrons. The first-order valence-corrected chi connectivity index (χ1v) is 15.7. The van der Waals surface area contributed by atoms with E-state index in [0.717, 1.165) is 58.2 Å². The van der Waals surface area contributed by atoms with Crippen molar-refractivity contribution in [2.45, 2.75) is 32.1 Å². The SMILES string of the molecule is Nc1ccc2c(C(=O)c3ccc(OCCN4CCCCC4)cc3)c(-c3ccc(OCCN4CCCC4)cc3)sc2c1. The number of piperidine rings is 1. The predicted molar refractivity (Wildman–Crippen MR) is 169 cm³/mol. The van der Waals surface area contributed by atoms with Crippen LogP contribution in [0.25, 0.3) is 20.5 Å². The fourth-order valence-electron chi connectivity index (χ4n) is 5.87. The molecule has 3 aromatic carbocycles. The molecule has 0 amide bonds. The fourth-order valence-corrected chi connectivity index (χ4v) is 7.12. The smallest absolute Gasteiger partial charge is 0.195 e. The van der Waals surface area contributed by atoms with Crippen LogP contribution in [0.2, 0.25) is 0 Å². The number of anilines is 1. The molecule has 2 aliphatic rings. The van der Waals surface area contributed by atoms with Gasteiger partial charge >= 0.3 is 0 Å². The number of carbonyl (C=O) groups is 1. The van der Waals surface area contributed by atoms with Gasteiger partial charge in [0.25, 0.3) is 0 Å². The molecule has 2 aliphatic heterocycles.